The number of fused-ring (bicyclic) bond motifs is 11. The highest BCUT2D eigenvalue weighted by Gasteiger charge is 1.92. The van der Waals surface area contributed by atoms with Crippen molar-refractivity contribution in [3.63, 3.8) is 0 Å². The first-order valence-corrected chi connectivity index (χ1v) is 7.38. The van der Waals surface area contributed by atoms with Crippen molar-refractivity contribution in [2.75, 3.05) is 0 Å². The van der Waals surface area contributed by atoms with Crippen LogP contribution in [0.2, 0.25) is 0 Å². The van der Waals surface area contributed by atoms with Gasteiger partial charge in [-0.3, -0.25) is 0 Å². The zero-order valence-corrected chi connectivity index (χ0v) is 11.3. The monoisotopic (exact) mass is 240 g/mol. The van der Waals surface area contributed by atoms with Gasteiger partial charge in [-0.2, -0.15) is 0 Å². The van der Waals surface area contributed by atoms with E-state index in [9.17, 15) is 0 Å². The van der Waals surface area contributed by atoms with Crippen LogP contribution in [0, 0.1) is 0 Å². The van der Waals surface area contributed by atoms with Crippen LogP contribution in [0.15, 0.2) is 36.4 Å². The smallest absolute Gasteiger partial charge is 0.0259 e. The van der Waals surface area contributed by atoms with Gasteiger partial charge in [0, 0.05) is 0 Å². The quantitative estimate of drug-likeness (QED) is 0.534. The van der Waals surface area contributed by atoms with E-state index in [1.807, 2.05) is 0 Å². The van der Waals surface area contributed by atoms with E-state index in [0.717, 1.165) is 0 Å². The Balaban J connectivity index is 1.99. The normalized spacial score (nSPS) is 21.6. The Kier molecular flexibility index (Phi) is 5.78. The first kappa shape index (κ1) is 13.1. The van der Waals surface area contributed by atoms with E-state index in [-0.39, 0.29) is 0 Å². The summed E-state index contributed by atoms with van der Waals surface area (Å²) in [7, 11) is 0. The summed E-state index contributed by atoms with van der Waals surface area (Å²) in [5.41, 5.74) is 2.64. The molecule has 2 bridgehead atoms. The second kappa shape index (κ2) is 7.92. The third-order valence-corrected chi connectivity index (χ3v) is 3.55. The van der Waals surface area contributed by atoms with Crippen LogP contribution < -0.4 is 0 Å². The average Bonchev–Trinajstić information content (AvgIpc) is 2.40. The van der Waals surface area contributed by atoms with Crippen LogP contribution in [0.4, 0.5) is 0 Å². The predicted molar refractivity (Wildman–Crippen MR) is 81.4 cm³/mol. The highest BCUT2D eigenvalue weighted by molar-refractivity contribution is 5.55. The maximum atomic E-state index is 2.32. The van der Waals surface area contributed by atoms with E-state index in [1.54, 1.807) is 0 Å². The van der Waals surface area contributed by atoms with Crippen molar-refractivity contribution in [3.8, 4) is 0 Å². The van der Waals surface area contributed by atoms with Gasteiger partial charge in [-0.15, -0.1) is 0 Å². The predicted octanol–water partition coefficient (Wildman–Crippen LogP) is 5.85. The molecule has 0 fully saturated rings. The van der Waals surface area contributed by atoms with Crippen LogP contribution in [-0.4, -0.2) is 0 Å². The maximum absolute atomic E-state index is 2.32. The molecule has 3 rings (SSSR count). The van der Waals surface area contributed by atoms with E-state index < -0.39 is 0 Å². The lowest BCUT2D eigenvalue weighted by molar-refractivity contribution is 0.600. The fourth-order valence-corrected chi connectivity index (χ4v) is 2.39. The minimum Gasteiger partial charge on any atom is -0.0839 e. The minimum absolute atomic E-state index is 1.22. The second-order valence-electron chi connectivity index (χ2n) is 5.17. The van der Waals surface area contributed by atoms with Crippen molar-refractivity contribution in [3.05, 3.63) is 47.5 Å². The zero-order chi connectivity index (χ0) is 12.5. The summed E-state index contributed by atoms with van der Waals surface area (Å²) in [6, 6.07) is 8.84. The van der Waals surface area contributed by atoms with Crippen LogP contribution in [0.3, 0.4) is 0 Å². The van der Waals surface area contributed by atoms with Crippen molar-refractivity contribution >= 4 is 12.2 Å². The molecule has 1 aromatic rings. The van der Waals surface area contributed by atoms with Gasteiger partial charge in [0.2, 0.25) is 0 Å². The van der Waals surface area contributed by atoms with E-state index in [4.69, 9.17) is 0 Å². The van der Waals surface area contributed by atoms with Crippen molar-refractivity contribution < 1.29 is 0 Å². The topological polar surface area (TPSA) is 0 Å². The summed E-state index contributed by atoms with van der Waals surface area (Å²) in [5, 5.41) is 0. The summed E-state index contributed by atoms with van der Waals surface area (Å²) in [5.74, 6) is 0. The molecule has 0 atom stereocenters. The lowest BCUT2D eigenvalue weighted by atomic mass is 10.1. The Morgan fingerprint density at radius 2 is 0.889 bits per heavy atom. The molecule has 96 valence electrons. The molecule has 1 aromatic carbocycles. The van der Waals surface area contributed by atoms with Gasteiger partial charge in [0.05, 0.1) is 0 Å². The second-order valence-corrected chi connectivity index (χ2v) is 5.17. The molecule has 2 aliphatic rings. The largest absolute Gasteiger partial charge is 0.0839 e. The summed E-state index contributed by atoms with van der Waals surface area (Å²) in [6.07, 6.45) is 19.9. The van der Waals surface area contributed by atoms with Gasteiger partial charge in [0.25, 0.3) is 0 Å². The van der Waals surface area contributed by atoms with Gasteiger partial charge in [0.15, 0.2) is 0 Å². The Morgan fingerprint density at radius 1 is 0.500 bits per heavy atom. The Morgan fingerprint density at radius 3 is 1.33 bits per heavy atom. The van der Waals surface area contributed by atoms with Gasteiger partial charge in [0.1, 0.15) is 0 Å². The number of hydrogen-bond donors (Lipinski definition) is 0. The van der Waals surface area contributed by atoms with E-state index in [1.165, 1.54) is 62.5 Å². The van der Waals surface area contributed by atoms with Gasteiger partial charge in [-0.25, -0.2) is 0 Å². The summed E-state index contributed by atoms with van der Waals surface area (Å²) in [6.45, 7) is 0. The minimum atomic E-state index is 1.22. The molecular weight excluding hydrogens is 216 g/mol. The average molecular weight is 240 g/mol. The van der Waals surface area contributed by atoms with Crippen molar-refractivity contribution in [2.24, 2.45) is 0 Å². The third kappa shape index (κ3) is 4.91. The molecule has 0 spiro atoms. The third-order valence-electron chi connectivity index (χ3n) is 3.55. The molecule has 0 saturated heterocycles. The number of hydrogen-bond acceptors (Lipinski definition) is 0. The molecule has 0 heterocycles. The Labute approximate surface area is 111 Å². The van der Waals surface area contributed by atoms with Gasteiger partial charge in [-0.05, 0) is 36.8 Å². The lowest BCUT2D eigenvalue weighted by Gasteiger charge is -2.01. The summed E-state index contributed by atoms with van der Waals surface area (Å²) in [4.78, 5) is 0. The summed E-state index contributed by atoms with van der Waals surface area (Å²) < 4.78 is 0. The molecule has 0 saturated carbocycles. The number of benzene rings is 1. The fraction of sp³-hybridized carbons (Fsp3) is 0.444. The van der Waals surface area contributed by atoms with Crippen molar-refractivity contribution in [1.82, 2.24) is 0 Å². The molecule has 0 nitrogen and oxygen atoms in total. The van der Waals surface area contributed by atoms with Crippen LogP contribution in [-0.2, 0) is 0 Å². The van der Waals surface area contributed by atoms with Crippen molar-refractivity contribution in [1.29, 1.82) is 0 Å². The highest BCUT2D eigenvalue weighted by atomic mass is 14.0. The fourth-order valence-electron chi connectivity index (χ4n) is 2.39. The number of allylic oxidation sites excluding steroid dienone is 2. The van der Waals surface area contributed by atoms with E-state index >= 15 is 0 Å². The molecule has 0 unspecified atom stereocenters. The molecule has 0 amide bonds. The first-order chi connectivity index (χ1) is 8.95. The lowest BCUT2D eigenvalue weighted by Crippen LogP contribution is -1.80. The van der Waals surface area contributed by atoms with Crippen LogP contribution in [0.1, 0.15) is 62.5 Å². The van der Waals surface area contributed by atoms with Gasteiger partial charge in [-0.1, -0.05) is 74.3 Å². The first-order valence-electron chi connectivity index (χ1n) is 7.38. The standard InChI is InChI=1S/C18H24/c1-2-4-6-8-10-12-18-15-13-17(14-16-18)11-9-7-5-3-1/h9-16H,1-8H2/b11-9-,12-10-. The van der Waals surface area contributed by atoms with Crippen LogP contribution >= 0.6 is 0 Å². The van der Waals surface area contributed by atoms with Crippen LogP contribution in [0.5, 0.6) is 0 Å². The molecule has 0 N–H and O–H groups in total. The van der Waals surface area contributed by atoms with E-state index in [0.29, 0.717) is 0 Å². The zero-order valence-electron chi connectivity index (χ0n) is 11.3. The molecular formula is C18H24. The molecule has 2 aliphatic carbocycles. The molecule has 0 aromatic heterocycles. The van der Waals surface area contributed by atoms with Crippen molar-refractivity contribution in [2.45, 2.75) is 51.4 Å². The number of rotatable bonds is 0. The maximum Gasteiger partial charge on any atom is -0.0259 e. The molecule has 0 heteroatoms. The van der Waals surface area contributed by atoms with Crippen LogP contribution in [0.25, 0.3) is 12.2 Å². The Hall–Kier alpha value is -1.30. The summed E-state index contributed by atoms with van der Waals surface area (Å²) >= 11 is 0. The Bertz CT molecular complexity index is 342. The van der Waals surface area contributed by atoms with Gasteiger partial charge >= 0.3 is 0 Å². The van der Waals surface area contributed by atoms with Gasteiger partial charge < -0.3 is 0 Å². The molecule has 18 heavy (non-hydrogen) atoms. The molecule has 0 aliphatic heterocycles. The van der Waals surface area contributed by atoms with E-state index in [2.05, 4.69) is 48.6 Å². The SMILES string of the molecule is C1=C\c2ccc(cc2)/C=C\CCCCCCCC/1. The highest BCUT2D eigenvalue weighted by Crippen LogP contribution is 2.13. The molecule has 0 radical (unpaired) electrons.